The molecule has 0 aromatic rings. The van der Waals surface area contributed by atoms with Gasteiger partial charge in [-0.05, 0) is 83.5 Å². The van der Waals surface area contributed by atoms with Crippen LogP contribution in [0.1, 0.15) is 226 Å². The Morgan fingerprint density at radius 3 is 1.12 bits per heavy atom. The van der Waals surface area contributed by atoms with Gasteiger partial charge in [-0.3, -0.25) is 14.4 Å². The van der Waals surface area contributed by atoms with Crippen molar-refractivity contribution in [2.45, 2.75) is 232 Å². The molecule has 1 atom stereocenters. The first-order chi connectivity index (χ1) is 29.0. The number of ether oxygens (including phenoxy) is 3. The van der Waals surface area contributed by atoms with Crippen molar-refractivity contribution >= 4 is 17.9 Å². The zero-order valence-electron chi connectivity index (χ0n) is 38.5. The molecule has 0 aromatic carbocycles. The molecule has 0 saturated heterocycles. The largest absolute Gasteiger partial charge is 0.462 e. The maximum atomic E-state index is 12.7. The molecule has 1 unspecified atom stereocenters. The van der Waals surface area contributed by atoms with Crippen molar-refractivity contribution in [3.8, 4) is 0 Å². The van der Waals surface area contributed by atoms with Gasteiger partial charge in [0.25, 0.3) is 0 Å². The van der Waals surface area contributed by atoms with E-state index in [1.54, 1.807) is 0 Å². The summed E-state index contributed by atoms with van der Waals surface area (Å²) in [6, 6.07) is 0. The first kappa shape index (κ1) is 55.9. The maximum Gasteiger partial charge on any atom is 0.306 e. The molecule has 0 saturated carbocycles. The lowest BCUT2D eigenvalue weighted by Gasteiger charge is -2.18. The van der Waals surface area contributed by atoms with Gasteiger partial charge in [0.05, 0.1) is 0 Å². The van der Waals surface area contributed by atoms with Crippen LogP contribution in [0.15, 0.2) is 72.9 Å². The molecule has 0 bridgehead atoms. The number of carbonyl (C=O) groups is 3. The molecule has 0 aliphatic rings. The van der Waals surface area contributed by atoms with Crippen molar-refractivity contribution in [1.82, 2.24) is 0 Å². The SMILES string of the molecule is CC/C=C\C/C=C\C/C=C\C/C=C\C/C=C\CCCCCC(=O)OCC(COC(=O)CCCCCC/C=C\CCCC)OC(=O)CCCCCCCCCCCCCC. The maximum absolute atomic E-state index is 12.7. The van der Waals surface area contributed by atoms with Crippen LogP contribution in [0.4, 0.5) is 0 Å². The molecule has 6 nitrogen and oxygen atoms in total. The lowest BCUT2D eigenvalue weighted by atomic mass is 10.0. The smallest absolute Gasteiger partial charge is 0.306 e. The van der Waals surface area contributed by atoms with Gasteiger partial charge in [0.1, 0.15) is 13.2 Å². The van der Waals surface area contributed by atoms with Crippen LogP contribution in [0, 0.1) is 0 Å². The van der Waals surface area contributed by atoms with Crippen molar-refractivity contribution in [3.05, 3.63) is 72.9 Å². The fourth-order valence-electron chi connectivity index (χ4n) is 6.51. The van der Waals surface area contributed by atoms with Crippen LogP contribution >= 0.6 is 0 Å². The number of rotatable bonds is 43. The normalized spacial score (nSPS) is 12.7. The van der Waals surface area contributed by atoms with E-state index in [1.165, 1.54) is 70.6 Å². The van der Waals surface area contributed by atoms with E-state index in [4.69, 9.17) is 14.2 Å². The van der Waals surface area contributed by atoms with E-state index in [-0.39, 0.29) is 31.1 Å². The van der Waals surface area contributed by atoms with Gasteiger partial charge in [0.15, 0.2) is 6.10 Å². The van der Waals surface area contributed by atoms with E-state index < -0.39 is 6.10 Å². The molecule has 59 heavy (non-hydrogen) atoms. The van der Waals surface area contributed by atoms with Crippen LogP contribution in [0.2, 0.25) is 0 Å². The van der Waals surface area contributed by atoms with Crippen molar-refractivity contribution in [1.29, 1.82) is 0 Å². The van der Waals surface area contributed by atoms with E-state index in [0.717, 1.165) is 116 Å². The average molecular weight is 823 g/mol. The lowest BCUT2D eigenvalue weighted by molar-refractivity contribution is -0.167. The molecule has 0 fully saturated rings. The predicted octanol–water partition coefficient (Wildman–Crippen LogP) is 15.9. The highest BCUT2D eigenvalue weighted by Gasteiger charge is 2.19. The van der Waals surface area contributed by atoms with Crippen molar-refractivity contribution in [3.63, 3.8) is 0 Å². The summed E-state index contributed by atoms with van der Waals surface area (Å²) in [4.78, 5) is 37.8. The van der Waals surface area contributed by atoms with Gasteiger partial charge < -0.3 is 14.2 Å². The standard InChI is InChI=1S/C53H90O6/c1-4-7-10-13-16-19-22-24-25-26-27-28-29-30-32-34-37-40-43-46-52(55)58-49-50(48-57-51(54)45-42-39-36-33-21-18-15-12-9-6-3)59-53(56)47-44-41-38-35-31-23-20-17-14-11-8-5-2/h7,10,15-16,18-19,24-25,27-28,30,32,50H,4-6,8-9,11-14,17,20-23,26,29,31,33-49H2,1-3H3/b10-7-,18-15-,19-16-,25-24-,28-27-,32-30-. The summed E-state index contributed by atoms with van der Waals surface area (Å²) in [5.74, 6) is -0.938. The third-order valence-corrected chi connectivity index (χ3v) is 10.2. The molecule has 338 valence electrons. The summed E-state index contributed by atoms with van der Waals surface area (Å²) in [7, 11) is 0. The van der Waals surface area contributed by atoms with Crippen molar-refractivity contribution < 1.29 is 28.6 Å². The molecule has 0 N–H and O–H groups in total. The first-order valence-electron chi connectivity index (χ1n) is 24.4. The Morgan fingerprint density at radius 1 is 0.356 bits per heavy atom. The van der Waals surface area contributed by atoms with E-state index in [2.05, 4.69) is 93.7 Å². The minimum atomic E-state index is -0.789. The second-order valence-corrected chi connectivity index (χ2v) is 16.0. The summed E-state index contributed by atoms with van der Waals surface area (Å²) in [5, 5.41) is 0. The van der Waals surface area contributed by atoms with Crippen LogP contribution in [-0.4, -0.2) is 37.2 Å². The highest BCUT2D eigenvalue weighted by Crippen LogP contribution is 2.14. The summed E-state index contributed by atoms with van der Waals surface area (Å²) in [5.41, 5.74) is 0. The van der Waals surface area contributed by atoms with Gasteiger partial charge in [0, 0.05) is 19.3 Å². The Hall–Kier alpha value is -3.15. The molecule has 0 amide bonds. The monoisotopic (exact) mass is 823 g/mol. The number of hydrogen-bond acceptors (Lipinski definition) is 6. The fourth-order valence-corrected chi connectivity index (χ4v) is 6.51. The van der Waals surface area contributed by atoms with E-state index >= 15 is 0 Å². The number of hydrogen-bond donors (Lipinski definition) is 0. The fraction of sp³-hybridized carbons (Fsp3) is 0.717. The Morgan fingerprint density at radius 2 is 0.678 bits per heavy atom. The van der Waals surface area contributed by atoms with Crippen molar-refractivity contribution in [2.24, 2.45) is 0 Å². The van der Waals surface area contributed by atoms with E-state index in [1.807, 2.05) is 0 Å². The quantitative estimate of drug-likeness (QED) is 0.0264. The van der Waals surface area contributed by atoms with Crippen molar-refractivity contribution in [2.75, 3.05) is 13.2 Å². The van der Waals surface area contributed by atoms with Gasteiger partial charge in [-0.15, -0.1) is 0 Å². The highest BCUT2D eigenvalue weighted by molar-refractivity contribution is 5.71. The number of esters is 3. The Labute approximate surface area is 363 Å². The molecule has 0 aliphatic heterocycles. The summed E-state index contributed by atoms with van der Waals surface area (Å²) in [6.07, 6.45) is 58.8. The molecule has 0 radical (unpaired) electrons. The van der Waals surface area contributed by atoms with Gasteiger partial charge in [-0.1, -0.05) is 196 Å². The molecule has 0 spiro atoms. The second-order valence-electron chi connectivity index (χ2n) is 16.0. The lowest BCUT2D eigenvalue weighted by Crippen LogP contribution is -2.30. The topological polar surface area (TPSA) is 78.9 Å². The Kier molecular flexibility index (Phi) is 45.0. The Balaban J connectivity index is 4.41. The van der Waals surface area contributed by atoms with Gasteiger partial charge in [-0.2, -0.15) is 0 Å². The van der Waals surface area contributed by atoms with Crippen LogP contribution in [0.25, 0.3) is 0 Å². The average Bonchev–Trinajstić information content (AvgIpc) is 3.23. The predicted molar refractivity (Wildman–Crippen MR) is 251 cm³/mol. The molecular formula is C53H90O6. The van der Waals surface area contributed by atoms with Crippen LogP contribution in [0.3, 0.4) is 0 Å². The molecule has 0 aliphatic carbocycles. The summed E-state index contributed by atoms with van der Waals surface area (Å²) in [6.45, 7) is 6.43. The van der Waals surface area contributed by atoms with Gasteiger partial charge in [-0.25, -0.2) is 0 Å². The molecule has 6 heteroatoms. The third-order valence-electron chi connectivity index (χ3n) is 10.2. The van der Waals surface area contributed by atoms with Crippen LogP contribution in [-0.2, 0) is 28.6 Å². The third kappa shape index (κ3) is 45.8. The van der Waals surface area contributed by atoms with Crippen LogP contribution < -0.4 is 0 Å². The zero-order chi connectivity index (χ0) is 43.0. The molecule has 0 heterocycles. The minimum Gasteiger partial charge on any atom is -0.462 e. The Bertz CT molecular complexity index is 1130. The molecular weight excluding hydrogens is 733 g/mol. The zero-order valence-corrected chi connectivity index (χ0v) is 38.5. The number of unbranched alkanes of at least 4 members (excludes halogenated alkanes) is 20. The van der Waals surface area contributed by atoms with Gasteiger partial charge in [0.2, 0.25) is 0 Å². The van der Waals surface area contributed by atoms with E-state index in [0.29, 0.717) is 19.3 Å². The molecule has 0 aromatic heterocycles. The summed E-state index contributed by atoms with van der Waals surface area (Å²) < 4.78 is 16.7. The second kappa shape index (κ2) is 47.5. The van der Waals surface area contributed by atoms with Gasteiger partial charge >= 0.3 is 17.9 Å². The minimum absolute atomic E-state index is 0.0912. The molecule has 0 rings (SSSR count). The number of allylic oxidation sites excluding steroid dienone is 12. The first-order valence-corrected chi connectivity index (χ1v) is 24.4. The highest BCUT2D eigenvalue weighted by atomic mass is 16.6. The number of carbonyl (C=O) groups excluding carboxylic acids is 3. The summed E-state index contributed by atoms with van der Waals surface area (Å²) >= 11 is 0. The van der Waals surface area contributed by atoms with Crippen LogP contribution in [0.5, 0.6) is 0 Å². The van der Waals surface area contributed by atoms with E-state index in [9.17, 15) is 14.4 Å².